The maximum absolute atomic E-state index is 12.7. The summed E-state index contributed by atoms with van der Waals surface area (Å²) in [6, 6.07) is 6.73. The normalized spacial score (nSPS) is 25.8. The second-order valence-electron chi connectivity index (χ2n) is 8.06. The van der Waals surface area contributed by atoms with Gasteiger partial charge in [-0.1, -0.05) is 23.8 Å². The van der Waals surface area contributed by atoms with Gasteiger partial charge < -0.3 is 9.80 Å². The molecule has 2 amide bonds. The molecule has 0 radical (unpaired) electrons. The maximum atomic E-state index is 12.7. The lowest BCUT2D eigenvalue weighted by molar-refractivity contribution is -0.135. The Hall–Kier alpha value is -1.84. The summed E-state index contributed by atoms with van der Waals surface area (Å²) in [6.07, 6.45) is 4.04. The third-order valence-electron chi connectivity index (χ3n) is 6.23. The van der Waals surface area contributed by atoms with Crippen molar-refractivity contribution in [3.8, 4) is 0 Å². The number of hydrogen-bond donors (Lipinski definition) is 0. The number of rotatable bonds is 4. The molecule has 4 nitrogen and oxygen atoms in total. The molecule has 0 spiro atoms. The van der Waals surface area contributed by atoms with Gasteiger partial charge in [0.2, 0.25) is 11.8 Å². The predicted molar refractivity (Wildman–Crippen MR) is 99.3 cm³/mol. The molecule has 2 aliphatic rings. The summed E-state index contributed by atoms with van der Waals surface area (Å²) in [5, 5.41) is 0. The standard InChI is InChI=1S/C21H30N2O2/c1-14-5-6-16(15(2)9-14)7-8-20(24)23(4)19-10-17-12-21(25)22(3)13-18(17)11-19/h5-6,9,17-19H,7-8,10-13H2,1-4H3/t17-,18+,19-/m1/s1. The highest BCUT2D eigenvalue weighted by atomic mass is 16.2. The molecule has 2 fully saturated rings. The Bertz CT molecular complexity index is 670. The Morgan fingerprint density at radius 2 is 1.96 bits per heavy atom. The minimum atomic E-state index is 0.225. The Balaban J connectivity index is 1.55. The van der Waals surface area contributed by atoms with Crippen LogP contribution < -0.4 is 0 Å². The van der Waals surface area contributed by atoms with Crippen molar-refractivity contribution in [1.82, 2.24) is 9.80 Å². The molecule has 1 aromatic rings. The van der Waals surface area contributed by atoms with Gasteiger partial charge in [0.25, 0.3) is 0 Å². The van der Waals surface area contributed by atoms with Crippen LogP contribution in [0.4, 0.5) is 0 Å². The average Bonchev–Trinajstić information content (AvgIpc) is 2.96. The van der Waals surface area contributed by atoms with Gasteiger partial charge in [-0.3, -0.25) is 9.59 Å². The second kappa shape index (κ2) is 7.19. The van der Waals surface area contributed by atoms with Crippen molar-refractivity contribution in [2.24, 2.45) is 11.8 Å². The summed E-state index contributed by atoms with van der Waals surface area (Å²) < 4.78 is 0. The second-order valence-corrected chi connectivity index (χ2v) is 8.06. The van der Waals surface area contributed by atoms with Crippen LogP contribution in [0.5, 0.6) is 0 Å². The molecular weight excluding hydrogens is 312 g/mol. The van der Waals surface area contributed by atoms with E-state index in [4.69, 9.17) is 0 Å². The largest absolute Gasteiger partial charge is 0.345 e. The van der Waals surface area contributed by atoms with Crippen LogP contribution in [0.15, 0.2) is 18.2 Å². The summed E-state index contributed by atoms with van der Waals surface area (Å²) >= 11 is 0. The zero-order valence-electron chi connectivity index (χ0n) is 15.9. The van der Waals surface area contributed by atoms with Crippen LogP contribution in [0.1, 0.15) is 42.4 Å². The minimum Gasteiger partial charge on any atom is -0.345 e. The van der Waals surface area contributed by atoms with Gasteiger partial charge in [0, 0.05) is 39.5 Å². The fourth-order valence-corrected chi connectivity index (χ4v) is 4.55. The number of piperidine rings is 1. The molecule has 1 aliphatic heterocycles. The number of fused-ring (bicyclic) bond motifs is 1. The van der Waals surface area contributed by atoms with Crippen LogP contribution in [-0.4, -0.2) is 48.3 Å². The first-order chi connectivity index (χ1) is 11.8. The molecule has 136 valence electrons. The zero-order chi connectivity index (χ0) is 18.1. The van der Waals surface area contributed by atoms with E-state index in [0.717, 1.165) is 25.8 Å². The first kappa shape index (κ1) is 18.0. The first-order valence-corrected chi connectivity index (χ1v) is 9.41. The number of likely N-dealkylation sites (tertiary alicyclic amines) is 1. The minimum absolute atomic E-state index is 0.225. The number of carbonyl (C=O) groups is 2. The number of nitrogens with zero attached hydrogens (tertiary/aromatic N) is 2. The summed E-state index contributed by atoms with van der Waals surface area (Å²) in [5.41, 5.74) is 3.79. The molecule has 1 aromatic carbocycles. The molecular formula is C21H30N2O2. The smallest absolute Gasteiger partial charge is 0.222 e. The fourth-order valence-electron chi connectivity index (χ4n) is 4.55. The Morgan fingerprint density at radius 1 is 1.24 bits per heavy atom. The van der Waals surface area contributed by atoms with Gasteiger partial charge in [-0.2, -0.15) is 0 Å². The van der Waals surface area contributed by atoms with Crippen LogP contribution in [0.25, 0.3) is 0 Å². The van der Waals surface area contributed by atoms with Gasteiger partial charge in [0.15, 0.2) is 0 Å². The lowest BCUT2D eigenvalue weighted by Crippen LogP contribution is -2.39. The van der Waals surface area contributed by atoms with Gasteiger partial charge in [-0.25, -0.2) is 0 Å². The molecule has 1 saturated heterocycles. The summed E-state index contributed by atoms with van der Waals surface area (Å²) in [6.45, 7) is 5.06. The molecule has 3 atom stereocenters. The number of carbonyl (C=O) groups excluding carboxylic acids is 2. The van der Waals surface area contributed by atoms with Gasteiger partial charge >= 0.3 is 0 Å². The Morgan fingerprint density at radius 3 is 2.68 bits per heavy atom. The molecule has 0 bridgehead atoms. The van der Waals surface area contributed by atoms with Crippen molar-refractivity contribution in [3.05, 3.63) is 34.9 Å². The summed E-state index contributed by atoms with van der Waals surface area (Å²) in [7, 11) is 3.84. The van der Waals surface area contributed by atoms with Crippen LogP contribution in [0.2, 0.25) is 0 Å². The summed E-state index contributed by atoms with van der Waals surface area (Å²) in [5.74, 6) is 1.50. The fraction of sp³-hybridized carbons (Fsp3) is 0.619. The lowest BCUT2D eigenvalue weighted by atomic mass is 9.88. The first-order valence-electron chi connectivity index (χ1n) is 9.41. The molecule has 4 heteroatoms. The summed E-state index contributed by atoms with van der Waals surface area (Å²) in [4.78, 5) is 28.4. The van der Waals surface area contributed by atoms with E-state index < -0.39 is 0 Å². The van der Waals surface area contributed by atoms with E-state index in [-0.39, 0.29) is 11.8 Å². The van der Waals surface area contributed by atoms with E-state index in [9.17, 15) is 9.59 Å². The Labute approximate surface area is 151 Å². The SMILES string of the molecule is Cc1ccc(CCC(=O)N(C)[C@@H]2C[C@@H]3CC(=O)N(C)C[C@@H]3C2)c(C)c1. The quantitative estimate of drug-likeness (QED) is 0.844. The lowest BCUT2D eigenvalue weighted by Gasteiger charge is -2.31. The van der Waals surface area contributed by atoms with Gasteiger partial charge in [0.1, 0.15) is 0 Å². The van der Waals surface area contributed by atoms with Crippen molar-refractivity contribution < 1.29 is 9.59 Å². The van der Waals surface area contributed by atoms with Crippen molar-refractivity contribution in [2.45, 2.75) is 52.0 Å². The van der Waals surface area contributed by atoms with Crippen molar-refractivity contribution >= 4 is 11.8 Å². The third-order valence-corrected chi connectivity index (χ3v) is 6.23. The molecule has 0 aromatic heterocycles. The maximum Gasteiger partial charge on any atom is 0.222 e. The van der Waals surface area contributed by atoms with Crippen LogP contribution >= 0.6 is 0 Å². The number of aryl methyl sites for hydroxylation is 3. The topological polar surface area (TPSA) is 40.6 Å². The van der Waals surface area contributed by atoms with Crippen LogP contribution in [0.3, 0.4) is 0 Å². The molecule has 3 rings (SSSR count). The van der Waals surface area contributed by atoms with Crippen LogP contribution in [-0.2, 0) is 16.0 Å². The Kier molecular flexibility index (Phi) is 5.16. The monoisotopic (exact) mass is 342 g/mol. The number of amides is 2. The van der Waals surface area contributed by atoms with Gasteiger partial charge in [0.05, 0.1) is 0 Å². The van der Waals surface area contributed by atoms with E-state index in [2.05, 4.69) is 32.0 Å². The molecule has 1 heterocycles. The highest BCUT2D eigenvalue weighted by Crippen LogP contribution is 2.40. The van der Waals surface area contributed by atoms with E-state index in [1.807, 2.05) is 23.9 Å². The van der Waals surface area contributed by atoms with E-state index in [1.54, 1.807) is 0 Å². The van der Waals surface area contributed by atoms with Gasteiger partial charge in [-0.15, -0.1) is 0 Å². The molecule has 25 heavy (non-hydrogen) atoms. The van der Waals surface area contributed by atoms with Crippen molar-refractivity contribution in [1.29, 1.82) is 0 Å². The van der Waals surface area contributed by atoms with E-state index in [1.165, 1.54) is 16.7 Å². The highest BCUT2D eigenvalue weighted by Gasteiger charge is 2.42. The average molecular weight is 342 g/mol. The molecule has 0 unspecified atom stereocenters. The molecule has 1 saturated carbocycles. The van der Waals surface area contributed by atoms with Crippen LogP contribution in [0, 0.1) is 25.7 Å². The van der Waals surface area contributed by atoms with E-state index >= 15 is 0 Å². The molecule has 1 aliphatic carbocycles. The van der Waals surface area contributed by atoms with Crippen molar-refractivity contribution in [3.63, 3.8) is 0 Å². The number of benzene rings is 1. The van der Waals surface area contributed by atoms with Gasteiger partial charge in [-0.05, 0) is 56.1 Å². The number of hydrogen-bond acceptors (Lipinski definition) is 2. The molecule has 0 N–H and O–H groups in total. The predicted octanol–water partition coefficient (Wildman–Crippen LogP) is 2.95. The third kappa shape index (κ3) is 3.88. The highest BCUT2D eigenvalue weighted by molar-refractivity contribution is 5.78. The van der Waals surface area contributed by atoms with Crippen molar-refractivity contribution in [2.75, 3.05) is 20.6 Å². The zero-order valence-corrected chi connectivity index (χ0v) is 15.9. The van der Waals surface area contributed by atoms with E-state index in [0.29, 0.717) is 30.7 Å².